The predicted octanol–water partition coefficient (Wildman–Crippen LogP) is 2.59. The third-order valence-electron chi connectivity index (χ3n) is 2.61. The molecule has 0 aliphatic heterocycles. The van der Waals surface area contributed by atoms with Crippen molar-refractivity contribution in [3.05, 3.63) is 42.2 Å². The van der Waals surface area contributed by atoms with E-state index in [0.29, 0.717) is 11.0 Å². The molecule has 6 heteroatoms. The number of hydrogen-bond acceptors (Lipinski definition) is 5. The average Bonchev–Trinajstić information content (AvgIpc) is 2.78. The molecule has 0 bridgehead atoms. The molecule has 2 heterocycles. The highest BCUT2D eigenvalue weighted by molar-refractivity contribution is 7.98. The summed E-state index contributed by atoms with van der Waals surface area (Å²) in [5, 5.41) is 15.5. The number of aromatic nitrogens is 4. The van der Waals surface area contributed by atoms with Gasteiger partial charge >= 0.3 is 0 Å². The summed E-state index contributed by atoms with van der Waals surface area (Å²) in [5.74, 6) is 0.609. The van der Waals surface area contributed by atoms with Gasteiger partial charge in [0.05, 0.1) is 11.4 Å². The maximum atomic E-state index is 9.42. The maximum absolute atomic E-state index is 9.42. The summed E-state index contributed by atoms with van der Waals surface area (Å²) < 4.78 is 1.85. The van der Waals surface area contributed by atoms with Crippen LogP contribution in [0.4, 0.5) is 0 Å². The molecule has 0 saturated heterocycles. The van der Waals surface area contributed by atoms with Gasteiger partial charge in [0, 0.05) is 23.3 Å². The molecule has 3 aromatic rings. The average molecular weight is 272 g/mol. The van der Waals surface area contributed by atoms with Gasteiger partial charge in [0.15, 0.2) is 5.16 Å². The number of aromatic hydroxyl groups is 1. The Labute approximate surface area is 114 Å². The number of fused-ring (bicyclic) bond motifs is 1. The van der Waals surface area contributed by atoms with Gasteiger partial charge < -0.3 is 5.11 Å². The molecular weight excluding hydrogens is 260 g/mol. The lowest BCUT2D eigenvalue weighted by molar-refractivity contribution is 0.444. The van der Waals surface area contributed by atoms with Crippen LogP contribution in [0, 0.1) is 6.92 Å². The van der Waals surface area contributed by atoms with E-state index in [1.165, 1.54) is 17.8 Å². The normalized spacial score (nSPS) is 11.0. The van der Waals surface area contributed by atoms with Crippen LogP contribution in [0.3, 0.4) is 0 Å². The number of benzene rings is 1. The minimum atomic E-state index is 0.000580. The zero-order valence-electron chi connectivity index (χ0n) is 10.3. The van der Waals surface area contributed by atoms with E-state index in [0.717, 1.165) is 16.6 Å². The van der Waals surface area contributed by atoms with Gasteiger partial charge in [-0.05, 0) is 13.0 Å². The summed E-state index contributed by atoms with van der Waals surface area (Å²) in [6, 6.07) is 9.49. The van der Waals surface area contributed by atoms with Crippen LogP contribution in [0.1, 0.15) is 5.69 Å². The first-order chi connectivity index (χ1) is 9.20. The molecule has 0 radical (unpaired) electrons. The SMILES string of the molecule is Cc1cc(O)nc(SCn2cc3ccccc3n2)n1. The van der Waals surface area contributed by atoms with Crippen LogP contribution in [-0.2, 0) is 5.88 Å². The Hall–Kier alpha value is -2.08. The second-order valence-electron chi connectivity index (χ2n) is 4.15. The Morgan fingerprint density at radius 1 is 1.26 bits per heavy atom. The Morgan fingerprint density at radius 2 is 2.11 bits per heavy atom. The number of aryl methyl sites for hydroxylation is 1. The lowest BCUT2D eigenvalue weighted by Crippen LogP contribution is -1.97. The van der Waals surface area contributed by atoms with Gasteiger partial charge in [0.1, 0.15) is 0 Å². The molecule has 5 nitrogen and oxygen atoms in total. The standard InChI is InChI=1S/C13H12N4OS/c1-9-6-12(18)15-13(14-9)19-8-17-7-10-4-2-3-5-11(10)16-17/h2-7H,8H2,1H3,(H,14,15,18). The van der Waals surface area contributed by atoms with Crippen LogP contribution in [0.15, 0.2) is 41.7 Å². The van der Waals surface area contributed by atoms with Gasteiger partial charge in [-0.2, -0.15) is 10.1 Å². The lowest BCUT2D eigenvalue weighted by Gasteiger charge is -2.02. The molecule has 0 spiro atoms. The van der Waals surface area contributed by atoms with Crippen LogP contribution in [-0.4, -0.2) is 24.9 Å². The molecule has 0 saturated carbocycles. The van der Waals surface area contributed by atoms with Crippen molar-refractivity contribution in [2.45, 2.75) is 18.0 Å². The van der Waals surface area contributed by atoms with E-state index >= 15 is 0 Å². The van der Waals surface area contributed by atoms with Crippen molar-refractivity contribution >= 4 is 22.7 Å². The number of hydrogen-bond donors (Lipinski definition) is 1. The zero-order valence-corrected chi connectivity index (χ0v) is 11.1. The van der Waals surface area contributed by atoms with E-state index in [4.69, 9.17) is 0 Å². The minimum Gasteiger partial charge on any atom is -0.493 e. The maximum Gasteiger partial charge on any atom is 0.215 e. The smallest absolute Gasteiger partial charge is 0.215 e. The predicted molar refractivity (Wildman–Crippen MR) is 74.0 cm³/mol. The van der Waals surface area contributed by atoms with Crippen LogP contribution >= 0.6 is 11.8 Å². The molecule has 0 aliphatic rings. The molecule has 1 N–H and O–H groups in total. The van der Waals surface area contributed by atoms with Gasteiger partial charge in [-0.3, -0.25) is 4.68 Å². The van der Waals surface area contributed by atoms with E-state index in [1.807, 2.05) is 42.1 Å². The number of thioether (sulfide) groups is 1. The fraction of sp³-hybridized carbons (Fsp3) is 0.154. The van der Waals surface area contributed by atoms with Gasteiger partial charge in [0.25, 0.3) is 0 Å². The third-order valence-corrected chi connectivity index (χ3v) is 3.44. The van der Waals surface area contributed by atoms with Gasteiger partial charge in [-0.1, -0.05) is 30.0 Å². The summed E-state index contributed by atoms with van der Waals surface area (Å²) >= 11 is 1.44. The first-order valence-corrected chi connectivity index (χ1v) is 6.79. The molecule has 0 atom stereocenters. The highest BCUT2D eigenvalue weighted by Gasteiger charge is 2.04. The van der Waals surface area contributed by atoms with Gasteiger partial charge in [-0.15, -0.1) is 0 Å². The highest BCUT2D eigenvalue weighted by Crippen LogP contribution is 2.20. The summed E-state index contributed by atoms with van der Waals surface area (Å²) in [6.45, 7) is 1.83. The van der Waals surface area contributed by atoms with Crippen molar-refractivity contribution in [2.75, 3.05) is 0 Å². The van der Waals surface area contributed by atoms with Crippen molar-refractivity contribution in [1.29, 1.82) is 0 Å². The fourth-order valence-electron chi connectivity index (χ4n) is 1.80. The third kappa shape index (κ3) is 2.68. The number of nitrogens with zero attached hydrogens (tertiary/aromatic N) is 4. The minimum absolute atomic E-state index is 0.000580. The first kappa shape index (κ1) is 12.0. The van der Waals surface area contributed by atoms with E-state index in [2.05, 4.69) is 15.1 Å². The molecule has 3 rings (SSSR count). The molecule has 0 unspecified atom stereocenters. The van der Waals surface area contributed by atoms with Crippen molar-refractivity contribution in [3.63, 3.8) is 0 Å². The van der Waals surface area contributed by atoms with Crippen molar-refractivity contribution in [1.82, 2.24) is 19.7 Å². The topological polar surface area (TPSA) is 63.8 Å². The molecule has 1 aromatic carbocycles. The Bertz CT molecular complexity index is 672. The van der Waals surface area contributed by atoms with Gasteiger partial charge in [0.2, 0.25) is 5.88 Å². The molecule has 0 aliphatic carbocycles. The second-order valence-corrected chi connectivity index (χ2v) is 5.06. The Morgan fingerprint density at radius 3 is 2.89 bits per heavy atom. The highest BCUT2D eigenvalue weighted by atomic mass is 32.2. The Kier molecular flexibility index (Phi) is 3.08. The van der Waals surface area contributed by atoms with Gasteiger partial charge in [-0.25, -0.2) is 4.98 Å². The van der Waals surface area contributed by atoms with E-state index in [1.54, 1.807) is 0 Å². The van der Waals surface area contributed by atoms with Crippen LogP contribution in [0.2, 0.25) is 0 Å². The summed E-state index contributed by atoms with van der Waals surface area (Å²) in [6.07, 6.45) is 1.98. The van der Waals surface area contributed by atoms with E-state index in [-0.39, 0.29) is 5.88 Å². The van der Waals surface area contributed by atoms with Crippen molar-refractivity contribution in [3.8, 4) is 5.88 Å². The molecule has 96 valence electrons. The number of rotatable bonds is 3. The molecular formula is C13H12N4OS. The first-order valence-electron chi connectivity index (χ1n) is 5.80. The quantitative estimate of drug-likeness (QED) is 0.586. The van der Waals surface area contributed by atoms with Crippen LogP contribution < -0.4 is 0 Å². The van der Waals surface area contributed by atoms with Crippen LogP contribution in [0.25, 0.3) is 10.9 Å². The summed E-state index contributed by atoms with van der Waals surface area (Å²) in [7, 11) is 0. The van der Waals surface area contributed by atoms with Crippen LogP contribution in [0.5, 0.6) is 5.88 Å². The van der Waals surface area contributed by atoms with Crippen molar-refractivity contribution < 1.29 is 5.11 Å². The Balaban J connectivity index is 1.78. The largest absolute Gasteiger partial charge is 0.493 e. The monoisotopic (exact) mass is 272 g/mol. The van der Waals surface area contributed by atoms with E-state index < -0.39 is 0 Å². The second kappa shape index (κ2) is 4.89. The molecule has 0 amide bonds. The molecule has 0 fully saturated rings. The molecule has 2 aromatic heterocycles. The fourth-order valence-corrected chi connectivity index (χ4v) is 2.54. The molecule has 19 heavy (non-hydrogen) atoms. The summed E-state index contributed by atoms with van der Waals surface area (Å²) in [4.78, 5) is 8.22. The van der Waals surface area contributed by atoms with Crippen molar-refractivity contribution in [2.24, 2.45) is 0 Å². The lowest BCUT2D eigenvalue weighted by atomic mass is 10.3. The zero-order chi connectivity index (χ0) is 13.2. The van der Waals surface area contributed by atoms with E-state index in [9.17, 15) is 5.11 Å². The summed E-state index contributed by atoms with van der Waals surface area (Å²) in [5.41, 5.74) is 1.72.